The van der Waals surface area contributed by atoms with Crippen LogP contribution in [-0.4, -0.2) is 24.6 Å². The highest BCUT2D eigenvalue weighted by Crippen LogP contribution is 2.49. The molecule has 0 atom stereocenters. The van der Waals surface area contributed by atoms with Crippen LogP contribution in [0.25, 0.3) is 6.08 Å². The lowest BCUT2D eigenvalue weighted by atomic mass is 9.62. The maximum absolute atomic E-state index is 10.6. The first-order valence-electron chi connectivity index (χ1n) is 12.5. The topological polar surface area (TPSA) is 55.8 Å². The maximum Gasteiger partial charge on any atom is 0.222 e. The summed E-state index contributed by atoms with van der Waals surface area (Å²) < 4.78 is 13.0. The van der Waals surface area contributed by atoms with Crippen molar-refractivity contribution in [3.05, 3.63) is 75.5 Å². The smallest absolute Gasteiger partial charge is 0.222 e. The van der Waals surface area contributed by atoms with Crippen molar-refractivity contribution in [1.82, 2.24) is 0 Å². The maximum atomic E-state index is 10.6. The Morgan fingerprint density at radius 3 is 2.12 bits per heavy atom. The molecule has 0 amide bonds. The van der Waals surface area contributed by atoms with Crippen LogP contribution in [0.3, 0.4) is 0 Å². The molecule has 2 aromatic rings. The van der Waals surface area contributed by atoms with E-state index in [0.717, 1.165) is 35.8 Å². The van der Waals surface area contributed by atoms with Crippen molar-refractivity contribution in [1.29, 1.82) is 0 Å². The fourth-order valence-electron chi connectivity index (χ4n) is 5.36. The number of hydrogen-bond donors (Lipinski definition) is 1. The Bertz CT molecular complexity index is 1070. The Morgan fingerprint density at radius 1 is 0.941 bits per heavy atom. The van der Waals surface area contributed by atoms with E-state index < -0.39 is 5.79 Å². The molecule has 0 unspecified atom stereocenters. The van der Waals surface area contributed by atoms with Crippen LogP contribution in [0, 0.1) is 6.92 Å². The van der Waals surface area contributed by atoms with Crippen molar-refractivity contribution >= 4 is 12.4 Å². The second-order valence-electron chi connectivity index (χ2n) is 11.1. The third-order valence-corrected chi connectivity index (χ3v) is 7.59. The SMILES string of the molecule is Cc1cc2c(cc1C1(c3ccc(/C=C(\O)CCC=O)cc3)OCCCO1)C(C)(C)CCC2(C)C. The molecule has 2 aliphatic rings. The Balaban J connectivity index is 1.79. The van der Waals surface area contributed by atoms with Crippen molar-refractivity contribution in [2.75, 3.05) is 13.2 Å². The molecule has 0 saturated carbocycles. The third-order valence-electron chi connectivity index (χ3n) is 7.59. The number of aldehydes is 1. The Kier molecular flexibility index (Phi) is 6.76. The average molecular weight is 463 g/mol. The van der Waals surface area contributed by atoms with Gasteiger partial charge in [0.2, 0.25) is 5.79 Å². The first-order chi connectivity index (χ1) is 16.1. The number of aliphatic hydroxyl groups is 1. The molecule has 0 aromatic heterocycles. The van der Waals surface area contributed by atoms with E-state index in [-0.39, 0.29) is 16.6 Å². The summed E-state index contributed by atoms with van der Waals surface area (Å²) in [4.78, 5) is 10.6. The van der Waals surface area contributed by atoms with Crippen LogP contribution in [0.4, 0.5) is 0 Å². The predicted octanol–water partition coefficient (Wildman–Crippen LogP) is 6.86. The van der Waals surface area contributed by atoms with Crippen LogP contribution in [-0.2, 0) is 30.9 Å². The summed E-state index contributed by atoms with van der Waals surface area (Å²) in [6, 6.07) is 12.7. The highest BCUT2D eigenvalue weighted by molar-refractivity contribution is 5.56. The zero-order chi connectivity index (χ0) is 24.6. The number of aliphatic hydroxyl groups excluding tert-OH is 1. The highest BCUT2D eigenvalue weighted by Gasteiger charge is 2.43. The Labute approximate surface area is 204 Å². The zero-order valence-corrected chi connectivity index (χ0v) is 21.2. The first-order valence-corrected chi connectivity index (χ1v) is 12.5. The first kappa shape index (κ1) is 24.7. The normalized spacial score (nSPS) is 21.0. The van der Waals surface area contributed by atoms with Crippen LogP contribution < -0.4 is 0 Å². The van der Waals surface area contributed by atoms with Gasteiger partial charge in [-0.25, -0.2) is 0 Å². The monoisotopic (exact) mass is 462 g/mol. The lowest BCUT2D eigenvalue weighted by Crippen LogP contribution is -2.41. The largest absolute Gasteiger partial charge is 0.512 e. The molecule has 4 rings (SSSR count). The molecule has 2 aromatic carbocycles. The van der Waals surface area contributed by atoms with E-state index in [1.165, 1.54) is 23.1 Å². The van der Waals surface area contributed by atoms with E-state index in [4.69, 9.17) is 9.47 Å². The number of hydrogen-bond acceptors (Lipinski definition) is 4. The fraction of sp³-hybridized carbons (Fsp3) is 0.500. The molecule has 1 aliphatic heterocycles. The number of aryl methyl sites for hydroxylation is 1. The highest BCUT2D eigenvalue weighted by atomic mass is 16.7. The second-order valence-corrected chi connectivity index (χ2v) is 11.1. The predicted molar refractivity (Wildman–Crippen MR) is 136 cm³/mol. The molecular weight excluding hydrogens is 424 g/mol. The van der Waals surface area contributed by atoms with Gasteiger partial charge in [-0.2, -0.15) is 0 Å². The van der Waals surface area contributed by atoms with Crippen molar-refractivity contribution in [2.24, 2.45) is 0 Å². The molecule has 1 fully saturated rings. The molecule has 1 heterocycles. The number of ether oxygens (including phenoxy) is 2. The van der Waals surface area contributed by atoms with E-state index in [1.54, 1.807) is 6.08 Å². The molecule has 4 nitrogen and oxygen atoms in total. The molecule has 0 bridgehead atoms. The fourth-order valence-corrected chi connectivity index (χ4v) is 5.36. The summed E-state index contributed by atoms with van der Waals surface area (Å²) in [6.07, 6.45) is 6.39. The minimum atomic E-state index is -0.948. The van der Waals surface area contributed by atoms with E-state index >= 15 is 0 Å². The Morgan fingerprint density at radius 2 is 1.53 bits per heavy atom. The molecule has 1 saturated heterocycles. The zero-order valence-electron chi connectivity index (χ0n) is 21.2. The summed E-state index contributed by atoms with van der Waals surface area (Å²) in [5.41, 5.74) is 7.15. The number of carbonyl (C=O) groups excluding carboxylic acids is 1. The summed E-state index contributed by atoms with van der Waals surface area (Å²) in [7, 11) is 0. The number of fused-ring (bicyclic) bond motifs is 1. The quantitative estimate of drug-likeness (QED) is 0.376. The van der Waals surface area contributed by atoms with Gasteiger partial charge < -0.3 is 19.4 Å². The van der Waals surface area contributed by atoms with Crippen molar-refractivity contribution in [2.45, 2.75) is 83.3 Å². The van der Waals surface area contributed by atoms with Gasteiger partial charge in [-0.1, -0.05) is 58.0 Å². The third kappa shape index (κ3) is 4.58. The van der Waals surface area contributed by atoms with Gasteiger partial charge in [-0.15, -0.1) is 0 Å². The molecule has 1 N–H and O–H groups in total. The number of carbonyl (C=O) groups is 1. The summed E-state index contributed by atoms with van der Waals surface area (Å²) in [5, 5.41) is 10.1. The van der Waals surface area contributed by atoms with Gasteiger partial charge in [0.15, 0.2) is 0 Å². The standard InChI is InChI=1S/C30H38O4/c1-21-18-26-27(29(4,5)14-13-28(26,2)3)20-25(21)30(33-16-7-17-34-30)23-11-9-22(10-12-23)19-24(32)8-6-15-31/h9-12,15,18-20,32H,6-8,13-14,16-17H2,1-5H3/b24-19-. The molecular formula is C30H38O4. The van der Waals surface area contributed by atoms with Gasteiger partial charge >= 0.3 is 0 Å². The van der Waals surface area contributed by atoms with E-state index in [9.17, 15) is 9.90 Å². The second kappa shape index (κ2) is 9.31. The van der Waals surface area contributed by atoms with E-state index in [0.29, 0.717) is 26.1 Å². The lowest BCUT2D eigenvalue weighted by Gasteiger charge is -2.44. The van der Waals surface area contributed by atoms with Crippen LogP contribution >= 0.6 is 0 Å². The molecule has 0 spiro atoms. The van der Waals surface area contributed by atoms with Gasteiger partial charge in [0, 0.05) is 24.0 Å². The minimum absolute atomic E-state index is 0.0941. The average Bonchev–Trinajstić information content (AvgIpc) is 2.81. The molecule has 34 heavy (non-hydrogen) atoms. The molecule has 182 valence electrons. The number of benzene rings is 2. The van der Waals surface area contributed by atoms with Gasteiger partial charge in [0.25, 0.3) is 0 Å². The van der Waals surface area contributed by atoms with Crippen LogP contribution in [0.15, 0.2) is 42.2 Å². The van der Waals surface area contributed by atoms with Crippen molar-refractivity contribution in [3.63, 3.8) is 0 Å². The van der Waals surface area contributed by atoms with Crippen LogP contribution in [0.2, 0.25) is 0 Å². The Hall–Kier alpha value is -2.43. The summed E-state index contributed by atoms with van der Waals surface area (Å²) in [6.45, 7) is 12.8. The molecule has 0 radical (unpaired) electrons. The van der Waals surface area contributed by atoms with Crippen molar-refractivity contribution < 1.29 is 19.4 Å². The van der Waals surface area contributed by atoms with Gasteiger partial charge in [0.05, 0.1) is 19.0 Å². The van der Waals surface area contributed by atoms with E-state index in [2.05, 4.69) is 46.8 Å². The van der Waals surface area contributed by atoms with Crippen molar-refractivity contribution in [3.8, 4) is 0 Å². The van der Waals surface area contributed by atoms with Crippen LogP contribution in [0.1, 0.15) is 93.2 Å². The molecule has 1 aliphatic carbocycles. The number of rotatable bonds is 6. The van der Waals surface area contributed by atoms with Gasteiger partial charge in [0.1, 0.15) is 6.29 Å². The van der Waals surface area contributed by atoms with Gasteiger partial charge in [-0.05, 0) is 71.4 Å². The molecule has 4 heteroatoms. The lowest BCUT2D eigenvalue weighted by molar-refractivity contribution is -0.249. The van der Waals surface area contributed by atoms with E-state index in [1.807, 2.05) is 24.3 Å². The summed E-state index contributed by atoms with van der Waals surface area (Å²) in [5.74, 6) is -0.744. The number of allylic oxidation sites excluding steroid dienone is 1. The van der Waals surface area contributed by atoms with Crippen LogP contribution in [0.5, 0.6) is 0 Å². The van der Waals surface area contributed by atoms with Gasteiger partial charge in [-0.3, -0.25) is 0 Å². The minimum Gasteiger partial charge on any atom is -0.512 e. The summed E-state index contributed by atoms with van der Waals surface area (Å²) >= 11 is 0.